The second kappa shape index (κ2) is 12.0. The molecule has 0 N–H and O–H groups in total. The van der Waals surface area contributed by atoms with Gasteiger partial charge in [0.05, 0.1) is 31.0 Å². The monoisotopic (exact) mass is 543 g/mol. The molecule has 1 aromatic heterocycles. The molecule has 0 aliphatic carbocycles. The molecule has 2 bridgehead atoms. The topological polar surface area (TPSA) is 70.0 Å². The SMILES string of the molecule is COc1ccccc1N1CCN(C(=O)[C@H]2CN3CCC2C[C@@H]3Cn2cc(CN(C)Cc3ccccc3)nn2)CC1. The number of piperazine rings is 1. The van der Waals surface area contributed by atoms with Gasteiger partial charge >= 0.3 is 0 Å². The Hall–Kier alpha value is -3.43. The van der Waals surface area contributed by atoms with Crippen LogP contribution in [-0.2, 0) is 24.4 Å². The summed E-state index contributed by atoms with van der Waals surface area (Å²) in [6, 6.07) is 19.1. The molecule has 212 valence electrons. The van der Waals surface area contributed by atoms with E-state index in [9.17, 15) is 4.79 Å². The molecular weight excluding hydrogens is 502 g/mol. The lowest BCUT2D eigenvalue weighted by Gasteiger charge is -2.50. The lowest BCUT2D eigenvalue weighted by molar-refractivity contribution is -0.144. The normalized spacial score (nSPS) is 24.5. The van der Waals surface area contributed by atoms with Crippen LogP contribution in [0.25, 0.3) is 0 Å². The van der Waals surface area contributed by atoms with E-state index in [1.54, 1.807) is 7.11 Å². The van der Waals surface area contributed by atoms with Gasteiger partial charge in [-0.25, -0.2) is 0 Å². The van der Waals surface area contributed by atoms with Crippen molar-refractivity contribution >= 4 is 11.6 Å². The van der Waals surface area contributed by atoms with Crippen molar-refractivity contribution in [2.24, 2.45) is 11.8 Å². The molecule has 7 rings (SSSR count). The predicted octanol–water partition coefficient (Wildman–Crippen LogP) is 2.98. The first kappa shape index (κ1) is 26.8. The summed E-state index contributed by atoms with van der Waals surface area (Å²) >= 11 is 0. The van der Waals surface area contributed by atoms with Crippen molar-refractivity contribution in [3.63, 3.8) is 0 Å². The number of hydrogen-bond acceptors (Lipinski definition) is 7. The first-order valence-electron chi connectivity index (χ1n) is 14.6. The van der Waals surface area contributed by atoms with E-state index in [1.807, 2.05) is 28.9 Å². The van der Waals surface area contributed by atoms with Crippen molar-refractivity contribution in [1.82, 2.24) is 29.7 Å². The Morgan fingerprint density at radius 2 is 1.77 bits per heavy atom. The highest BCUT2D eigenvalue weighted by molar-refractivity contribution is 5.80. The summed E-state index contributed by atoms with van der Waals surface area (Å²) < 4.78 is 7.56. The number of para-hydroxylation sites is 2. The van der Waals surface area contributed by atoms with Gasteiger partial charge < -0.3 is 14.5 Å². The minimum absolute atomic E-state index is 0.112. The van der Waals surface area contributed by atoms with Crippen molar-refractivity contribution < 1.29 is 9.53 Å². The Morgan fingerprint density at radius 3 is 2.52 bits per heavy atom. The number of aromatic nitrogens is 3. The number of fused-ring (bicyclic) bond motifs is 3. The molecule has 9 heteroatoms. The molecule has 9 nitrogen and oxygen atoms in total. The van der Waals surface area contributed by atoms with E-state index < -0.39 is 0 Å². The molecule has 4 aliphatic heterocycles. The summed E-state index contributed by atoms with van der Waals surface area (Å²) in [5.41, 5.74) is 3.41. The number of anilines is 1. The number of piperidine rings is 3. The Bertz CT molecular complexity index is 1270. The third kappa shape index (κ3) is 5.86. The second-order valence-corrected chi connectivity index (χ2v) is 11.6. The smallest absolute Gasteiger partial charge is 0.227 e. The van der Waals surface area contributed by atoms with Gasteiger partial charge in [-0.15, -0.1) is 5.10 Å². The Labute approximate surface area is 237 Å². The van der Waals surface area contributed by atoms with Crippen molar-refractivity contribution in [2.75, 3.05) is 58.3 Å². The van der Waals surface area contributed by atoms with E-state index >= 15 is 0 Å². The fourth-order valence-corrected chi connectivity index (χ4v) is 6.84. The van der Waals surface area contributed by atoms with Gasteiger partial charge in [-0.05, 0) is 50.0 Å². The summed E-state index contributed by atoms with van der Waals surface area (Å²) in [6.45, 7) is 7.64. The zero-order chi connectivity index (χ0) is 27.5. The highest BCUT2D eigenvalue weighted by Crippen LogP contribution is 2.38. The molecule has 4 saturated heterocycles. The van der Waals surface area contributed by atoms with Gasteiger partial charge in [0.1, 0.15) is 5.75 Å². The number of carbonyl (C=O) groups excluding carboxylic acids is 1. The van der Waals surface area contributed by atoms with Crippen molar-refractivity contribution in [3.05, 3.63) is 72.1 Å². The largest absolute Gasteiger partial charge is 0.495 e. The molecule has 4 atom stereocenters. The number of benzene rings is 2. The van der Waals surface area contributed by atoms with Crippen molar-refractivity contribution in [3.8, 4) is 5.75 Å². The number of carbonyl (C=O) groups is 1. The van der Waals surface area contributed by atoms with Crippen LogP contribution in [0.15, 0.2) is 60.8 Å². The minimum Gasteiger partial charge on any atom is -0.495 e. The molecule has 0 spiro atoms. The molecule has 4 fully saturated rings. The molecule has 5 heterocycles. The van der Waals surface area contributed by atoms with Crippen LogP contribution < -0.4 is 9.64 Å². The van der Waals surface area contributed by atoms with Gasteiger partial charge in [-0.3, -0.25) is 19.3 Å². The van der Waals surface area contributed by atoms with E-state index in [1.165, 1.54) is 5.56 Å². The number of amides is 1. The van der Waals surface area contributed by atoms with Gasteiger partial charge in [-0.1, -0.05) is 47.7 Å². The van der Waals surface area contributed by atoms with Crippen LogP contribution in [0.3, 0.4) is 0 Å². The summed E-state index contributed by atoms with van der Waals surface area (Å²) in [5.74, 6) is 1.80. The number of rotatable bonds is 9. The van der Waals surface area contributed by atoms with Crippen LogP contribution in [0.1, 0.15) is 24.1 Å². The first-order chi connectivity index (χ1) is 19.6. The van der Waals surface area contributed by atoms with Gasteiger partial charge in [0, 0.05) is 58.1 Å². The maximum absolute atomic E-state index is 13.6. The summed E-state index contributed by atoms with van der Waals surface area (Å²) in [6.07, 6.45) is 4.26. The number of methoxy groups -OCH3 is 1. The number of ether oxygens (including phenoxy) is 1. The third-order valence-corrected chi connectivity index (χ3v) is 8.92. The predicted molar refractivity (Wildman–Crippen MR) is 155 cm³/mol. The molecule has 2 unspecified atom stereocenters. The fourth-order valence-electron chi connectivity index (χ4n) is 6.84. The average molecular weight is 544 g/mol. The molecule has 40 heavy (non-hydrogen) atoms. The molecule has 3 aromatic rings. The molecule has 1 amide bonds. The van der Waals surface area contributed by atoms with E-state index in [2.05, 4.69) is 73.5 Å². The Morgan fingerprint density at radius 1 is 1.00 bits per heavy atom. The van der Waals surface area contributed by atoms with Gasteiger partial charge in [0.25, 0.3) is 0 Å². The Kier molecular flexibility index (Phi) is 8.02. The van der Waals surface area contributed by atoms with Crippen LogP contribution in [0, 0.1) is 11.8 Å². The van der Waals surface area contributed by atoms with Gasteiger partial charge in [-0.2, -0.15) is 0 Å². The molecule has 4 aliphatic rings. The highest BCUT2D eigenvalue weighted by atomic mass is 16.5. The van der Waals surface area contributed by atoms with Crippen LogP contribution >= 0.6 is 0 Å². The summed E-state index contributed by atoms with van der Waals surface area (Å²) in [4.78, 5) is 22.9. The highest BCUT2D eigenvalue weighted by Gasteiger charge is 2.44. The summed E-state index contributed by atoms with van der Waals surface area (Å²) in [5, 5.41) is 8.90. The van der Waals surface area contributed by atoms with Crippen LogP contribution in [0.2, 0.25) is 0 Å². The van der Waals surface area contributed by atoms with Gasteiger partial charge in [0.2, 0.25) is 5.91 Å². The van der Waals surface area contributed by atoms with E-state index in [0.717, 1.165) is 88.9 Å². The Balaban J connectivity index is 0.998. The molecule has 2 aromatic carbocycles. The third-order valence-electron chi connectivity index (χ3n) is 8.92. The van der Waals surface area contributed by atoms with E-state index in [0.29, 0.717) is 17.9 Å². The van der Waals surface area contributed by atoms with Crippen molar-refractivity contribution in [1.29, 1.82) is 0 Å². The second-order valence-electron chi connectivity index (χ2n) is 11.6. The van der Waals surface area contributed by atoms with Crippen LogP contribution in [0.5, 0.6) is 5.75 Å². The molecule has 0 radical (unpaired) electrons. The zero-order valence-corrected chi connectivity index (χ0v) is 23.7. The standard InChI is InChI=1S/C31H41N7O2/c1-34(19-24-8-4-3-5-9-24)20-26-21-38(33-32-26)22-27-18-25-12-13-37(27)23-28(25)31(39)36-16-14-35(15-17-36)29-10-6-7-11-30(29)40-2/h3-11,21,25,27-28H,12-20,22-23H2,1-2H3/t25?,27-,28+/m1/s1. The molecule has 0 saturated carbocycles. The minimum atomic E-state index is 0.112. The van der Waals surface area contributed by atoms with E-state index in [-0.39, 0.29) is 5.92 Å². The number of nitrogens with zero attached hydrogens (tertiary/aromatic N) is 7. The van der Waals surface area contributed by atoms with Gasteiger partial charge in [0.15, 0.2) is 0 Å². The number of hydrogen-bond donors (Lipinski definition) is 0. The summed E-state index contributed by atoms with van der Waals surface area (Å²) in [7, 11) is 3.83. The molecular formula is C31H41N7O2. The average Bonchev–Trinajstić information content (AvgIpc) is 3.43. The lowest BCUT2D eigenvalue weighted by atomic mass is 9.75. The maximum Gasteiger partial charge on any atom is 0.227 e. The van der Waals surface area contributed by atoms with Crippen LogP contribution in [-0.4, -0.2) is 95.1 Å². The van der Waals surface area contributed by atoms with E-state index in [4.69, 9.17) is 4.74 Å². The van der Waals surface area contributed by atoms with Crippen molar-refractivity contribution in [2.45, 2.75) is 38.5 Å². The quantitative estimate of drug-likeness (QED) is 0.411. The lowest BCUT2D eigenvalue weighted by Crippen LogP contribution is -2.60. The first-order valence-corrected chi connectivity index (χ1v) is 14.6. The fraction of sp³-hybridized carbons (Fsp3) is 0.516. The zero-order valence-electron chi connectivity index (χ0n) is 23.7. The maximum atomic E-state index is 13.6. The van der Waals surface area contributed by atoms with Crippen LogP contribution in [0.4, 0.5) is 5.69 Å².